The fourth-order valence-electron chi connectivity index (χ4n) is 3.54. The van der Waals surface area contributed by atoms with E-state index in [9.17, 15) is 8.42 Å². The molecule has 0 unspecified atom stereocenters. The van der Waals surface area contributed by atoms with Gasteiger partial charge in [-0.05, 0) is 47.2 Å². The summed E-state index contributed by atoms with van der Waals surface area (Å²) in [6.45, 7) is 4.12. The summed E-state index contributed by atoms with van der Waals surface area (Å²) in [4.78, 5) is 15.6. The minimum absolute atomic E-state index is 0. The molecule has 4 aromatic rings. The Morgan fingerprint density at radius 2 is 1.42 bits per heavy atom. The number of hydrogen-bond donors (Lipinski definition) is 0. The molecule has 6 nitrogen and oxygen atoms in total. The van der Waals surface area contributed by atoms with Crippen molar-refractivity contribution in [3.05, 3.63) is 96.3 Å². The zero-order chi connectivity index (χ0) is 25.1. The number of rotatable bonds is 8. The molecule has 2 heterocycles. The maximum absolute atomic E-state index is 12.0. The minimum Gasteiger partial charge on any atom is -0.300 e. The van der Waals surface area contributed by atoms with Crippen LogP contribution in [0.1, 0.15) is 25.2 Å². The van der Waals surface area contributed by atoms with E-state index in [1.807, 2.05) is 54.6 Å². The molecule has 9 heteroatoms. The summed E-state index contributed by atoms with van der Waals surface area (Å²) < 4.78 is 28.9. The van der Waals surface area contributed by atoms with Gasteiger partial charge in [0.1, 0.15) is 0 Å². The summed E-state index contributed by atoms with van der Waals surface area (Å²) in [5.74, 6) is 0. The SMILES string of the molecule is COOSc1cc[c-]c(-c2cccc(C(C)(C)c3cccc(-c4[c-]ccc(S(C)(=O)=O)c4)n3)n2)c1.[Pt+2]. The van der Waals surface area contributed by atoms with E-state index in [4.69, 9.17) is 14.3 Å². The molecule has 36 heavy (non-hydrogen) atoms. The number of nitrogens with zero attached hydrogens (tertiary/aromatic N) is 2. The second kappa shape index (κ2) is 11.8. The third kappa shape index (κ3) is 6.50. The van der Waals surface area contributed by atoms with Crippen molar-refractivity contribution in [1.29, 1.82) is 0 Å². The van der Waals surface area contributed by atoms with Gasteiger partial charge in [0.25, 0.3) is 0 Å². The Bertz CT molecular complexity index is 1460. The van der Waals surface area contributed by atoms with Crippen LogP contribution in [-0.4, -0.2) is 31.8 Å². The fraction of sp³-hybridized carbons (Fsp3) is 0.185. The first-order valence-electron chi connectivity index (χ1n) is 10.7. The van der Waals surface area contributed by atoms with Crippen LogP contribution in [0.3, 0.4) is 0 Å². The van der Waals surface area contributed by atoms with Gasteiger partial charge in [-0.15, -0.1) is 59.7 Å². The first kappa shape index (κ1) is 28.2. The topological polar surface area (TPSA) is 78.4 Å². The van der Waals surface area contributed by atoms with Gasteiger partial charge in [0.05, 0.1) is 7.11 Å². The van der Waals surface area contributed by atoms with E-state index in [0.717, 1.165) is 39.6 Å². The van der Waals surface area contributed by atoms with E-state index < -0.39 is 15.3 Å². The van der Waals surface area contributed by atoms with Crippen LogP contribution in [0.15, 0.2) is 82.6 Å². The number of hydrogen-bond acceptors (Lipinski definition) is 7. The van der Waals surface area contributed by atoms with E-state index in [2.05, 4.69) is 30.9 Å². The molecule has 2 aromatic heterocycles. The van der Waals surface area contributed by atoms with Gasteiger partial charge in [0.15, 0.2) is 9.84 Å². The van der Waals surface area contributed by atoms with Crippen LogP contribution in [0, 0.1) is 12.1 Å². The summed E-state index contributed by atoms with van der Waals surface area (Å²) in [5, 5.41) is 0. The normalized spacial score (nSPS) is 11.7. The Hall–Kier alpha value is -2.35. The fourth-order valence-corrected chi connectivity index (χ4v) is 4.62. The largest absolute Gasteiger partial charge is 2.00 e. The van der Waals surface area contributed by atoms with Crippen LogP contribution in [0.5, 0.6) is 0 Å². The van der Waals surface area contributed by atoms with Gasteiger partial charge in [-0.25, -0.2) is 13.3 Å². The van der Waals surface area contributed by atoms with Crippen LogP contribution < -0.4 is 0 Å². The predicted molar refractivity (Wildman–Crippen MR) is 136 cm³/mol. The summed E-state index contributed by atoms with van der Waals surface area (Å²) in [6.07, 6.45) is 1.19. The van der Waals surface area contributed by atoms with Crippen molar-refractivity contribution in [2.75, 3.05) is 13.4 Å². The van der Waals surface area contributed by atoms with Crippen LogP contribution >= 0.6 is 12.0 Å². The Morgan fingerprint density at radius 3 is 1.97 bits per heavy atom. The van der Waals surface area contributed by atoms with Crippen molar-refractivity contribution in [2.24, 2.45) is 0 Å². The standard InChI is InChI=1S/C27H24N2O4S2.Pt/c1-27(2,25-15-7-13-23(28-25)19-9-5-11-21(17-19)34-33-32-3)26-16-8-14-24(29-26)20-10-6-12-22(18-20)35(4,30)31;/h5-8,11-18H,1-4H3;/q-2;+2. The van der Waals surface area contributed by atoms with Gasteiger partial charge >= 0.3 is 21.1 Å². The first-order chi connectivity index (χ1) is 16.7. The molecule has 4 rings (SSSR count). The third-order valence-electron chi connectivity index (χ3n) is 5.50. The Labute approximate surface area is 230 Å². The van der Waals surface area contributed by atoms with E-state index in [1.165, 1.54) is 19.4 Å². The quantitative estimate of drug-likeness (QED) is 0.101. The molecule has 0 spiro atoms. The van der Waals surface area contributed by atoms with E-state index in [-0.39, 0.29) is 26.0 Å². The second-order valence-corrected chi connectivity index (χ2v) is 11.2. The van der Waals surface area contributed by atoms with Crippen molar-refractivity contribution in [1.82, 2.24) is 9.97 Å². The van der Waals surface area contributed by atoms with Crippen molar-refractivity contribution >= 4 is 21.9 Å². The number of pyridine rings is 2. The average Bonchev–Trinajstić information content (AvgIpc) is 2.87. The molecular weight excluding hydrogens is 676 g/mol. The van der Waals surface area contributed by atoms with E-state index in [0.29, 0.717) is 11.3 Å². The zero-order valence-corrected chi connectivity index (χ0v) is 24.0. The molecule has 0 saturated heterocycles. The molecule has 0 bridgehead atoms. The third-order valence-corrected chi connectivity index (χ3v) is 7.26. The van der Waals surface area contributed by atoms with E-state index in [1.54, 1.807) is 12.1 Å². The van der Waals surface area contributed by atoms with Gasteiger partial charge < -0.3 is 9.97 Å². The van der Waals surface area contributed by atoms with Gasteiger partial charge in [-0.1, -0.05) is 24.3 Å². The summed E-state index contributed by atoms with van der Waals surface area (Å²) in [5.41, 5.74) is 4.00. The molecule has 0 N–H and O–H groups in total. The number of sulfone groups is 1. The molecule has 2 aromatic carbocycles. The molecule has 0 atom stereocenters. The molecule has 0 fully saturated rings. The van der Waals surface area contributed by atoms with Crippen molar-refractivity contribution in [3.63, 3.8) is 0 Å². The minimum atomic E-state index is -3.33. The first-order valence-corrected chi connectivity index (χ1v) is 13.4. The zero-order valence-electron chi connectivity index (χ0n) is 20.1. The Morgan fingerprint density at radius 1 is 0.861 bits per heavy atom. The van der Waals surface area contributed by atoms with Crippen LogP contribution in [0.4, 0.5) is 0 Å². The van der Waals surface area contributed by atoms with Crippen LogP contribution in [0.2, 0.25) is 0 Å². The molecule has 0 aliphatic heterocycles. The maximum atomic E-state index is 12.0. The van der Waals surface area contributed by atoms with E-state index >= 15 is 0 Å². The van der Waals surface area contributed by atoms with Gasteiger partial charge in [0.2, 0.25) is 0 Å². The number of benzene rings is 2. The molecule has 0 aliphatic carbocycles. The molecular formula is C27H24N2O4PtS2. The van der Waals surface area contributed by atoms with Gasteiger partial charge in [0, 0.05) is 35.1 Å². The van der Waals surface area contributed by atoms with Gasteiger partial charge in [-0.3, -0.25) is 0 Å². The molecule has 0 saturated carbocycles. The van der Waals surface area contributed by atoms with Crippen molar-refractivity contribution < 1.29 is 38.7 Å². The summed E-state index contributed by atoms with van der Waals surface area (Å²) in [7, 11) is -1.87. The van der Waals surface area contributed by atoms with Crippen molar-refractivity contribution in [3.8, 4) is 22.5 Å². The molecule has 0 amide bonds. The monoisotopic (exact) mass is 699 g/mol. The molecule has 0 aliphatic rings. The van der Waals surface area contributed by atoms with Crippen LogP contribution in [-0.2, 0) is 45.5 Å². The molecule has 188 valence electrons. The van der Waals surface area contributed by atoms with Crippen molar-refractivity contribution in [2.45, 2.75) is 29.1 Å². The summed E-state index contributed by atoms with van der Waals surface area (Å²) in [6, 6.07) is 28.3. The smallest absolute Gasteiger partial charge is 0.300 e. The maximum Gasteiger partial charge on any atom is 2.00 e. The second-order valence-electron chi connectivity index (χ2n) is 8.41. The van der Waals surface area contributed by atoms with Crippen LogP contribution in [0.25, 0.3) is 22.5 Å². The predicted octanol–water partition coefficient (Wildman–Crippen LogP) is 5.72. The average molecular weight is 700 g/mol. The van der Waals surface area contributed by atoms with Gasteiger partial charge in [-0.2, -0.15) is 4.33 Å². The molecule has 0 radical (unpaired) electrons. The number of aromatic nitrogens is 2. The summed E-state index contributed by atoms with van der Waals surface area (Å²) >= 11 is 1.12. The Balaban J connectivity index is 0.00000361. The Kier molecular flexibility index (Phi) is 9.25.